The van der Waals surface area contributed by atoms with Crippen molar-refractivity contribution >= 4 is 17.8 Å². The second-order valence-corrected chi connectivity index (χ2v) is 8.76. The van der Waals surface area contributed by atoms with E-state index in [0.29, 0.717) is 6.16 Å². The van der Waals surface area contributed by atoms with Gasteiger partial charge in [0, 0.05) is 16.8 Å². The minimum Gasteiger partial charge on any atom is -0.314 e. The second kappa shape index (κ2) is 8.26. The van der Waals surface area contributed by atoms with Gasteiger partial charge in [0.05, 0.1) is 13.2 Å². The first kappa shape index (κ1) is 17.6. The number of benzene rings is 3. The molecule has 3 nitrogen and oxygen atoms in total. The van der Waals surface area contributed by atoms with Crippen molar-refractivity contribution in [2.75, 3.05) is 13.3 Å². The van der Waals surface area contributed by atoms with Gasteiger partial charge in [-0.3, -0.25) is 0 Å². The van der Waals surface area contributed by atoms with Gasteiger partial charge in [0.1, 0.15) is 7.14 Å². The Labute approximate surface area is 149 Å². The zero-order valence-electron chi connectivity index (χ0n) is 14.2. The molecule has 0 bridgehead atoms. The van der Waals surface area contributed by atoms with Crippen LogP contribution in [-0.4, -0.2) is 13.3 Å². The highest BCUT2D eigenvalue weighted by Crippen LogP contribution is 2.46. The molecule has 1 unspecified atom stereocenters. The van der Waals surface area contributed by atoms with Gasteiger partial charge in [-0.1, -0.05) is 91.0 Å². The third-order valence-electron chi connectivity index (χ3n) is 4.25. The standard InChI is InChI=1S/C21H22NO2P/c1-24-22-21(18-11-5-2-6-12-18)17-25(23,19-13-7-3-8-14-19)20-15-9-4-10-16-20/h2-16,21-22H,17H2,1H3. The average Bonchev–Trinajstić information content (AvgIpc) is 2.69. The van der Waals surface area contributed by atoms with Crippen LogP contribution in [0.4, 0.5) is 0 Å². The maximum atomic E-state index is 14.2. The smallest absolute Gasteiger partial charge is 0.145 e. The van der Waals surface area contributed by atoms with Crippen LogP contribution in [0.15, 0.2) is 91.0 Å². The largest absolute Gasteiger partial charge is 0.314 e. The molecule has 3 aromatic carbocycles. The number of hydroxylamine groups is 1. The van der Waals surface area contributed by atoms with Crippen molar-refractivity contribution < 1.29 is 9.40 Å². The maximum absolute atomic E-state index is 14.2. The first-order chi connectivity index (χ1) is 12.2. The van der Waals surface area contributed by atoms with Crippen molar-refractivity contribution in [2.24, 2.45) is 0 Å². The summed E-state index contributed by atoms with van der Waals surface area (Å²) in [5.41, 5.74) is 4.07. The van der Waals surface area contributed by atoms with E-state index in [1.165, 1.54) is 0 Å². The molecule has 4 heteroatoms. The molecule has 0 fully saturated rings. The lowest BCUT2D eigenvalue weighted by Crippen LogP contribution is -2.29. The highest BCUT2D eigenvalue weighted by molar-refractivity contribution is 7.78. The molecule has 0 aliphatic rings. The third-order valence-corrected chi connectivity index (χ3v) is 7.39. The lowest BCUT2D eigenvalue weighted by Gasteiger charge is -2.25. The molecular weight excluding hydrogens is 329 g/mol. The Kier molecular flexibility index (Phi) is 5.83. The van der Waals surface area contributed by atoms with Crippen molar-refractivity contribution in [3.63, 3.8) is 0 Å². The van der Waals surface area contributed by atoms with Crippen LogP contribution in [0.25, 0.3) is 0 Å². The quantitative estimate of drug-likeness (QED) is 0.518. The minimum absolute atomic E-state index is 0.169. The summed E-state index contributed by atoms with van der Waals surface area (Å²) in [4.78, 5) is 5.20. The molecule has 0 radical (unpaired) electrons. The van der Waals surface area contributed by atoms with Crippen molar-refractivity contribution in [3.8, 4) is 0 Å². The zero-order valence-corrected chi connectivity index (χ0v) is 15.1. The molecule has 3 aromatic rings. The van der Waals surface area contributed by atoms with Gasteiger partial charge in [0.15, 0.2) is 0 Å². The molecule has 0 amide bonds. The number of hydrogen-bond acceptors (Lipinski definition) is 3. The number of rotatable bonds is 7. The first-order valence-electron chi connectivity index (χ1n) is 8.28. The molecule has 0 aliphatic carbocycles. The SMILES string of the molecule is CONC(CP(=O)(c1ccccc1)c1ccccc1)c1ccccc1. The molecule has 3 rings (SSSR count). The molecule has 1 N–H and O–H groups in total. The lowest BCUT2D eigenvalue weighted by molar-refractivity contribution is 0.0667. The van der Waals surface area contributed by atoms with E-state index in [1.807, 2.05) is 91.0 Å². The first-order valence-corrected chi connectivity index (χ1v) is 10.2. The Hall–Kier alpha value is -2.19. The molecule has 0 saturated heterocycles. The summed E-state index contributed by atoms with van der Waals surface area (Å²) < 4.78 is 14.2. The molecule has 25 heavy (non-hydrogen) atoms. The molecule has 0 heterocycles. The van der Waals surface area contributed by atoms with Crippen molar-refractivity contribution in [2.45, 2.75) is 6.04 Å². The maximum Gasteiger partial charge on any atom is 0.145 e. The van der Waals surface area contributed by atoms with Gasteiger partial charge in [0.2, 0.25) is 0 Å². The Morgan fingerprint density at radius 3 is 1.68 bits per heavy atom. The van der Waals surface area contributed by atoms with Crippen LogP contribution in [0.3, 0.4) is 0 Å². The highest BCUT2D eigenvalue weighted by atomic mass is 31.2. The summed E-state index contributed by atoms with van der Waals surface area (Å²) in [6, 6.07) is 29.2. The predicted molar refractivity (Wildman–Crippen MR) is 104 cm³/mol. The normalized spacial score (nSPS) is 12.7. The van der Waals surface area contributed by atoms with Crippen molar-refractivity contribution in [1.29, 1.82) is 0 Å². The fourth-order valence-electron chi connectivity index (χ4n) is 2.99. The summed E-state index contributed by atoms with van der Waals surface area (Å²) in [5, 5.41) is 1.72. The van der Waals surface area contributed by atoms with Gasteiger partial charge in [-0.25, -0.2) is 0 Å². The van der Waals surface area contributed by atoms with Gasteiger partial charge in [0.25, 0.3) is 0 Å². The third kappa shape index (κ3) is 4.08. The van der Waals surface area contributed by atoms with Crippen LogP contribution in [0.2, 0.25) is 0 Å². The molecule has 128 valence electrons. The van der Waals surface area contributed by atoms with Crippen LogP contribution >= 0.6 is 7.14 Å². The molecule has 1 atom stereocenters. The van der Waals surface area contributed by atoms with E-state index in [-0.39, 0.29) is 6.04 Å². The summed E-state index contributed by atoms with van der Waals surface area (Å²) in [7, 11) is -1.23. The second-order valence-electron chi connectivity index (χ2n) is 5.88. The predicted octanol–water partition coefficient (Wildman–Crippen LogP) is 3.89. The molecule has 0 aliphatic heterocycles. The van der Waals surface area contributed by atoms with Crippen molar-refractivity contribution in [1.82, 2.24) is 5.48 Å². The van der Waals surface area contributed by atoms with Crippen LogP contribution in [0.1, 0.15) is 11.6 Å². The number of hydrogen-bond donors (Lipinski definition) is 1. The minimum atomic E-state index is -2.82. The van der Waals surface area contributed by atoms with E-state index < -0.39 is 7.14 Å². The Morgan fingerprint density at radius 1 is 0.800 bits per heavy atom. The fourth-order valence-corrected chi connectivity index (χ4v) is 5.82. The van der Waals surface area contributed by atoms with Gasteiger partial charge in [-0.05, 0) is 5.56 Å². The highest BCUT2D eigenvalue weighted by Gasteiger charge is 2.31. The van der Waals surface area contributed by atoms with Crippen LogP contribution in [0.5, 0.6) is 0 Å². The van der Waals surface area contributed by atoms with E-state index in [0.717, 1.165) is 16.2 Å². The van der Waals surface area contributed by atoms with Gasteiger partial charge in [-0.2, -0.15) is 5.48 Å². The van der Waals surface area contributed by atoms with Crippen molar-refractivity contribution in [3.05, 3.63) is 96.6 Å². The Morgan fingerprint density at radius 2 is 1.24 bits per heavy atom. The van der Waals surface area contributed by atoms with E-state index in [4.69, 9.17) is 4.84 Å². The van der Waals surface area contributed by atoms with E-state index >= 15 is 0 Å². The monoisotopic (exact) mass is 351 g/mol. The summed E-state index contributed by atoms with van der Waals surface area (Å²) in [6.07, 6.45) is 0.443. The molecule has 0 saturated carbocycles. The molecule has 0 spiro atoms. The van der Waals surface area contributed by atoms with E-state index in [9.17, 15) is 4.57 Å². The van der Waals surface area contributed by atoms with Crippen LogP contribution in [-0.2, 0) is 9.40 Å². The Balaban J connectivity index is 2.04. The van der Waals surface area contributed by atoms with Crippen LogP contribution in [0, 0.1) is 0 Å². The molecular formula is C21H22NO2P. The van der Waals surface area contributed by atoms with Gasteiger partial charge >= 0.3 is 0 Å². The summed E-state index contributed by atoms with van der Waals surface area (Å²) in [5.74, 6) is 0. The van der Waals surface area contributed by atoms with Gasteiger partial charge in [-0.15, -0.1) is 0 Å². The lowest BCUT2D eigenvalue weighted by atomic mass is 10.1. The van der Waals surface area contributed by atoms with Gasteiger partial charge < -0.3 is 9.40 Å². The Bertz CT molecular complexity index is 779. The average molecular weight is 351 g/mol. The van der Waals surface area contributed by atoms with Crippen LogP contribution < -0.4 is 16.1 Å². The summed E-state index contributed by atoms with van der Waals surface area (Å²) in [6.45, 7) is 0. The van der Waals surface area contributed by atoms with E-state index in [2.05, 4.69) is 5.48 Å². The number of nitrogens with one attached hydrogen (secondary N) is 1. The summed E-state index contributed by atoms with van der Waals surface area (Å²) >= 11 is 0. The molecule has 0 aromatic heterocycles. The van der Waals surface area contributed by atoms with E-state index in [1.54, 1.807) is 7.11 Å². The topological polar surface area (TPSA) is 38.3 Å². The zero-order chi connectivity index (χ0) is 17.5. The fraction of sp³-hybridized carbons (Fsp3) is 0.143.